The average molecular weight is 515 g/mol. The Morgan fingerprint density at radius 1 is 1.05 bits per heavy atom. The summed E-state index contributed by atoms with van der Waals surface area (Å²) in [6.07, 6.45) is 5.08. The number of aliphatic hydroxyl groups excluding tert-OH is 1. The van der Waals surface area contributed by atoms with Crippen molar-refractivity contribution in [1.82, 2.24) is 25.3 Å². The van der Waals surface area contributed by atoms with Crippen molar-refractivity contribution >= 4 is 28.3 Å². The Balaban J connectivity index is 1.21. The van der Waals surface area contributed by atoms with Crippen LogP contribution in [0.5, 0.6) is 0 Å². The van der Waals surface area contributed by atoms with Gasteiger partial charge in [0.1, 0.15) is 11.4 Å². The van der Waals surface area contributed by atoms with E-state index >= 15 is 0 Å². The van der Waals surface area contributed by atoms with Crippen LogP contribution in [-0.2, 0) is 16.6 Å². The van der Waals surface area contributed by atoms with E-state index in [2.05, 4.69) is 30.6 Å². The highest BCUT2D eigenvalue weighted by Crippen LogP contribution is 2.38. The molecule has 0 fully saturated rings. The summed E-state index contributed by atoms with van der Waals surface area (Å²) in [4.78, 5) is 42.9. The maximum absolute atomic E-state index is 12.7. The molecule has 0 saturated heterocycles. The number of aliphatic hydroxyl groups is 1. The lowest BCUT2D eigenvalue weighted by Gasteiger charge is -2.22. The fourth-order valence-electron chi connectivity index (χ4n) is 4.39. The van der Waals surface area contributed by atoms with Crippen molar-refractivity contribution in [2.75, 3.05) is 18.5 Å². The first kappa shape index (κ1) is 24.7. The van der Waals surface area contributed by atoms with Crippen molar-refractivity contribution in [3.63, 3.8) is 0 Å². The van der Waals surface area contributed by atoms with E-state index in [4.69, 9.17) is 0 Å². The lowest BCUT2D eigenvalue weighted by atomic mass is 9.84. The second-order valence-electron chi connectivity index (χ2n) is 9.31. The third-order valence-corrected chi connectivity index (χ3v) is 7.26. The first-order valence-corrected chi connectivity index (χ1v) is 12.8. The Bertz CT molecular complexity index is 1490. The molecule has 1 atom stereocenters. The summed E-state index contributed by atoms with van der Waals surface area (Å²) in [6.45, 7) is 3.71. The van der Waals surface area contributed by atoms with Crippen molar-refractivity contribution in [2.24, 2.45) is 0 Å². The summed E-state index contributed by atoms with van der Waals surface area (Å²) in [6, 6.07) is 11.1. The molecule has 4 aromatic rings. The van der Waals surface area contributed by atoms with E-state index in [1.807, 2.05) is 49.6 Å². The highest BCUT2D eigenvalue weighted by molar-refractivity contribution is 7.14. The molecule has 0 saturated carbocycles. The van der Waals surface area contributed by atoms with Gasteiger partial charge >= 0.3 is 0 Å². The van der Waals surface area contributed by atoms with Gasteiger partial charge < -0.3 is 15.7 Å². The minimum Gasteiger partial charge on any atom is -0.395 e. The number of rotatable bonds is 7. The minimum absolute atomic E-state index is 0.0309. The zero-order valence-electron chi connectivity index (χ0n) is 20.5. The number of thiazole rings is 1. The van der Waals surface area contributed by atoms with Crippen LogP contribution in [0.3, 0.4) is 0 Å². The summed E-state index contributed by atoms with van der Waals surface area (Å²) in [7, 11) is 0. The van der Waals surface area contributed by atoms with Gasteiger partial charge in [-0.15, -0.1) is 11.3 Å². The van der Waals surface area contributed by atoms with Gasteiger partial charge in [0.05, 0.1) is 36.4 Å². The third-order valence-electron chi connectivity index (χ3n) is 6.51. The second kappa shape index (κ2) is 10.2. The number of carbonyl (C=O) groups excluding carboxylic acids is 2. The van der Waals surface area contributed by atoms with Crippen LogP contribution in [0.4, 0.5) is 5.13 Å². The number of anilines is 1. The molecule has 37 heavy (non-hydrogen) atoms. The van der Waals surface area contributed by atoms with Gasteiger partial charge in [-0.05, 0) is 55.2 Å². The molecule has 0 bridgehead atoms. The maximum Gasteiger partial charge on any atom is 0.251 e. The molecule has 0 radical (unpaired) electrons. The van der Waals surface area contributed by atoms with Crippen molar-refractivity contribution in [1.29, 1.82) is 0 Å². The van der Waals surface area contributed by atoms with Crippen LogP contribution in [0.15, 0.2) is 54.2 Å². The van der Waals surface area contributed by atoms with E-state index < -0.39 is 0 Å². The fraction of sp³-hybridized carbons (Fsp3) is 0.259. The highest BCUT2D eigenvalue weighted by atomic mass is 32.1. The van der Waals surface area contributed by atoms with E-state index in [9.17, 15) is 14.7 Å². The largest absolute Gasteiger partial charge is 0.395 e. The number of hydrogen-bond donors (Lipinski definition) is 3. The molecule has 3 aromatic heterocycles. The van der Waals surface area contributed by atoms with E-state index in [0.29, 0.717) is 33.5 Å². The van der Waals surface area contributed by atoms with Gasteiger partial charge in [-0.25, -0.2) is 15.0 Å². The number of aryl methyl sites for hydroxylation is 2. The number of amides is 2. The number of nitrogens with one attached hydrogen (secondary N) is 2. The normalized spacial score (nSPS) is 16.3. The van der Waals surface area contributed by atoms with E-state index in [1.54, 1.807) is 18.5 Å². The predicted octanol–water partition coefficient (Wildman–Crippen LogP) is 3.54. The molecule has 1 aromatic carbocycles. The van der Waals surface area contributed by atoms with Gasteiger partial charge in [0.25, 0.3) is 5.91 Å². The number of pyridine rings is 1. The average Bonchev–Trinajstić information content (AvgIpc) is 3.52. The summed E-state index contributed by atoms with van der Waals surface area (Å²) in [5.41, 5.74) is 5.70. The van der Waals surface area contributed by atoms with Gasteiger partial charge in [0.15, 0.2) is 5.13 Å². The molecule has 3 heterocycles. The van der Waals surface area contributed by atoms with Crippen LogP contribution in [0, 0.1) is 6.92 Å². The van der Waals surface area contributed by atoms with Crippen molar-refractivity contribution in [2.45, 2.75) is 32.1 Å². The van der Waals surface area contributed by atoms with Crippen molar-refractivity contribution in [3.05, 3.63) is 76.6 Å². The molecule has 3 N–H and O–H groups in total. The topological polar surface area (TPSA) is 130 Å². The molecule has 1 aliphatic rings. The van der Waals surface area contributed by atoms with Crippen LogP contribution in [0.25, 0.3) is 22.8 Å². The van der Waals surface area contributed by atoms with Gasteiger partial charge in [0, 0.05) is 22.6 Å². The lowest BCUT2D eigenvalue weighted by molar-refractivity contribution is -0.115. The molecule has 9 nitrogen and oxygen atoms in total. The van der Waals surface area contributed by atoms with Gasteiger partial charge in [-0.2, -0.15) is 0 Å². The van der Waals surface area contributed by atoms with Gasteiger partial charge in [0.2, 0.25) is 5.91 Å². The fourth-order valence-corrected chi connectivity index (χ4v) is 5.11. The highest BCUT2D eigenvalue weighted by Gasteiger charge is 2.34. The first-order chi connectivity index (χ1) is 17.8. The monoisotopic (exact) mass is 514 g/mol. The molecule has 188 valence electrons. The minimum atomic E-state index is -0.382. The first-order valence-electron chi connectivity index (χ1n) is 11.9. The Labute approximate surface area is 218 Å². The molecular weight excluding hydrogens is 488 g/mol. The molecule has 0 unspecified atom stereocenters. The lowest BCUT2D eigenvalue weighted by Crippen LogP contribution is -2.33. The summed E-state index contributed by atoms with van der Waals surface area (Å²) < 4.78 is 0. The molecule has 5 rings (SSSR count). The smallest absolute Gasteiger partial charge is 0.251 e. The molecule has 0 spiro atoms. The van der Waals surface area contributed by atoms with Crippen LogP contribution in [0.2, 0.25) is 0 Å². The molecule has 2 amide bonds. The molecule has 10 heteroatoms. The van der Waals surface area contributed by atoms with E-state index in [1.165, 1.54) is 11.3 Å². The SMILES string of the molecule is Cc1cncc(-c2cccc(-c3csc(NC(=O)CNC(=O)c4ccc5c(c4)[C@](C)(CO)CC5)n3)n2)n1. The van der Waals surface area contributed by atoms with E-state index in [-0.39, 0.29) is 30.4 Å². The zero-order chi connectivity index (χ0) is 26.0. The maximum atomic E-state index is 12.7. The number of nitrogens with zero attached hydrogens (tertiary/aromatic N) is 4. The van der Waals surface area contributed by atoms with Crippen LogP contribution in [-0.4, -0.2) is 50.0 Å². The Morgan fingerprint density at radius 2 is 1.86 bits per heavy atom. The third kappa shape index (κ3) is 5.25. The van der Waals surface area contributed by atoms with Crippen molar-refractivity contribution < 1.29 is 14.7 Å². The molecule has 0 aliphatic heterocycles. The molecule has 1 aliphatic carbocycles. The Kier molecular flexibility index (Phi) is 6.77. The molecular formula is C27H26N6O3S. The zero-order valence-corrected chi connectivity index (χ0v) is 21.3. The summed E-state index contributed by atoms with van der Waals surface area (Å²) in [5.74, 6) is -0.724. The number of carbonyl (C=O) groups is 2. The van der Waals surface area contributed by atoms with Crippen LogP contribution in [0.1, 0.15) is 40.5 Å². The number of hydrogen-bond acceptors (Lipinski definition) is 8. The van der Waals surface area contributed by atoms with Gasteiger partial charge in [-0.3, -0.25) is 14.6 Å². The van der Waals surface area contributed by atoms with Crippen LogP contribution >= 0.6 is 11.3 Å². The number of aromatic nitrogens is 4. The number of fused-ring (bicyclic) bond motifs is 1. The van der Waals surface area contributed by atoms with Crippen molar-refractivity contribution in [3.8, 4) is 22.8 Å². The summed E-state index contributed by atoms with van der Waals surface area (Å²) in [5, 5.41) is 17.4. The summed E-state index contributed by atoms with van der Waals surface area (Å²) >= 11 is 1.28. The Morgan fingerprint density at radius 3 is 2.65 bits per heavy atom. The quantitative estimate of drug-likeness (QED) is 0.344. The van der Waals surface area contributed by atoms with Gasteiger partial charge in [-0.1, -0.05) is 19.1 Å². The predicted molar refractivity (Wildman–Crippen MR) is 141 cm³/mol. The number of benzene rings is 1. The second-order valence-corrected chi connectivity index (χ2v) is 10.2. The standard InChI is InChI=1S/C27H26N6O3S/c1-16-11-28-12-22(30-16)20-4-3-5-21(31-20)23-14-37-26(32-23)33-24(35)13-29-25(36)18-7-6-17-8-9-27(2,15-34)19(17)10-18/h3-7,10-12,14,34H,8-9,13,15H2,1-2H3,(H,29,36)(H,32,33,35)/t27-/m0/s1. The van der Waals surface area contributed by atoms with Crippen LogP contribution < -0.4 is 10.6 Å². The Hall–Kier alpha value is -4.02. The van der Waals surface area contributed by atoms with E-state index in [0.717, 1.165) is 29.7 Å².